The molecule has 1 heterocycles. The second-order valence-electron chi connectivity index (χ2n) is 10.8. The third-order valence-corrected chi connectivity index (χ3v) is 9.46. The van der Waals surface area contributed by atoms with Gasteiger partial charge >= 0.3 is 12.1 Å². The van der Waals surface area contributed by atoms with E-state index in [2.05, 4.69) is 0 Å². The first-order chi connectivity index (χ1) is 23.0. The van der Waals surface area contributed by atoms with Crippen molar-refractivity contribution in [3.63, 3.8) is 0 Å². The number of carbonyl (C=O) groups is 2. The number of aliphatic carboxylic acids is 1. The molecule has 0 radical (unpaired) electrons. The SMILES string of the molecule is COc1ccc2ccc(S(=O)(=O)N(Cc3ccccc3[N+](=O)[O-])[C@H]3CCN(Cc4cccc(C(=N)N)c4)C3=O)cc2c1.O=C(O)C(F)(F)F. The van der Waals surface area contributed by atoms with Crippen LogP contribution in [-0.2, 0) is 32.7 Å². The average molecular weight is 702 g/mol. The number of halogens is 3. The molecule has 0 saturated carbocycles. The van der Waals surface area contributed by atoms with E-state index >= 15 is 0 Å². The normalized spacial score (nSPS) is 14.8. The number of carboxylic acid groups (broad SMARTS) is 1. The van der Waals surface area contributed by atoms with E-state index < -0.39 is 39.0 Å². The molecule has 4 N–H and O–H groups in total. The van der Waals surface area contributed by atoms with Crippen molar-refractivity contribution in [1.82, 2.24) is 9.21 Å². The first kappa shape index (κ1) is 36.3. The van der Waals surface area contributed by atoms with E-state index in [1.54, 1.807) is 53.4 Å². The van der Waals surface area contributed by atoms with Crippen molar-refractivity contribution in [3.05, 3.63) is 112 Å². The van der Waals surface area contributed by atoms with Gasteiger partial charge in [-0.25, -0.2) is 13.2 Å². The van der Waals surface area contributed by atoms with Gasteiger partial charge in [0.15, 0.2) is 0 Å². The first-order valence-corrected chi connectivity index (χ1v) is 15.8. The van der Waals surface area contributed by atoms with Crippen LogP contribution in [0.5, 0.6) is 5.75 Å². The van der Waals surface area contributed by atoms with Gasteiger partial charge in [0.1, 0.15) is 17.6 Å². The molecule has 258 valence electrons. The highest BCUT2D eigenvalue weighted by Gasteiger charge is 2.43. The number of benzene rings is 4. The summed E-state index contributed by atoms with van der Waals surface area (Å²) in [6, 6.07) is 21.8. The molecule has 49 heavy (non-hydrogen) atoms. The number of hydrogen-bond acceptors (Lipinski definition) is 8. The van der Waals surface area contributed by atoms with Crippen LogP contribution in [0.25, 0.3) is 10.8 Å². The predicted octanol–water partition coefficient (Wildman–Crippen LogP) is 4.67. The molecule has 1 saturated heterocycles. The molecule has 13 nitrogen and oxygen atoms in total. The van der Waals surface area contributed by atoms with E-state index in [0.717, 1.165) is 15.3 Å². The minimum atomic E-state index is -5.08. The average Bonchev–Trinajstić information content (AvgIpc) is 3.41. The number of fused-ring (bicyclic) bond motifs is 1. The minimum Gasteiger partial charge on any atom is -0.497 e. The van der Waals surface area contributed by atoms with Gasteiger partial charge < -0.3 is 20.5 Å². The number of nitrogen functional groups attached to an aromatic ring is 1. The summed E-state index contributed by atoms with van der Waals surface area (Å²) in [5.74, 6) is -2.71. The minimum absolute atomic E-state index is 0.0396. The molecule has 1 fully saturated rings. The van der Waals surface area contributed by atoms with Crippen molar-refractivity contribution in [3.8, 4) is 5.75 Å². The highest BCUT2D eigenvalue weighted by atomic mass is 32.2. The lowest BCUT2D eigenvalue weighted by Gasteiger charge is -2.27. The Morgan fingerprint density at radius 3 is 2.39 bits per heavy atom. The summed E-state index contributed by atoms with van der Waals surface area (Å²) < 4.78 is 66.6. The van der Waals surface area contributed by atoms with Crippen LogP contribution in [0.1, 0.15) is 23.1 Å². The van der Waals surface area contributed by atoms with Crippen LogP contribution in [0.3, 0.4) is 0 Å². The van der Waals surface area contributed by atoms with Crippen molar-refractivity contribution in [2.75, 3.05) is 13.7 Å². The maximum absolute atomic E-state index is 14.2. The number of hydrogen-bond donors (Lipinski definition) is 3. The van der Waals surface area contributed by atoms with E-state index in [0.29, 0.717) is 16.7 Å². The largest absolute Gasteiger partial charge is 0.497 e. The molecule has 0 unspecified atom stereocenters. The summed E-state index contributed by atoms with van der Waals surface area (Å²) >= 11 is 0. The lowest BCUT2D eigenvalue weighted by Crippen LogP contribution is -2.44. The number of nitrogens with two attached hydrogens (primary N) is 1. The number of nitrogens with one attached hydrogen (secondary N) is 1. The number of methoxy groups -OCH3 is 1. The third-order valence-electron chi connectivity index (χ3n) is 7.61. The summed E-state index contributed by atoms with van der Waals surface area (Å²) in [4.78, 5) is 35.4. The van der Waals surface area contributed by atoms with Gasteiger partial charge in [-0.2, -0.15) is 17.5 Å². The van der Waals surface area contributed by atoms with Crippen LogP contribution in [-0.4, -0.2) is 71.2 Å². The second-order valence-corrected chi connectivity index (χ2v) is 12.7. The lowest BCUT2D eigenvalue weighted by atomic mass is 10.1. The number of rotatable bonds is 10. The van der Waals surface area contributed by atoms with E-state index in [9.17, 15) is 36.5 Å². The topological polar surface area (TPSA) is 197 Å². The van der Waals surface area contributed by atoms with Crippen LogP contribution in [0.4, 0.5) is 18.9 Å². The van der Waals surface area contributed by atoms with Crippen molar-refractivity contribution < 1.29 is 45.9 Å². The smallest absolute Gasteiger partial charge is 0.490 e. The van der Waals surface area contributed by atoms with Gasteiger partial charge in [-0.3, -0.25) is 20.3 Å². The monoisotopic (exact) mass is 701 g/mol. The highest BCUT2D eigenvalue weighted by Crippen LogP contribution is 2.32. The Kier molecular flexibility index (Phi) is 10.9. The number of alkyl halides is 3. The van der Waals surface area contributed by atoms with Crippen LogP contribution < -0.4 is 10.5 Å². The Balaban J connectivity index is 0.000000698. The van der Waals surface area contributed by atoms with Crippen molar-refractivity contribution >= 4 is 44.2 Å². The molecule has 0 spiro atoms. The summed E-state index contributed by atoms with van der Waals surface area (Å²) in [5.41, 5.74) is 6.82. The van der Waals surface area contributed by atoms with Crippen LogP contribution in [0, 0.1) is 15.5 Å². The van der Waals surface area contributed by atoms with E-state index in [-0.39, 0.29) is 48.0 Å². The molecule has 0 bridgehead atoms. The summed E-state index contributed by atoms with van der Waals surface area (Å²) in [6.45, 7) is 0.122. The number of para-hydroxylation sites is 1. The van der Waals surface area contributed by atoms with Gasteiger partial charge in [0.25, 0.3) is 5.69 Å². The number of likely N-dealkylation sites (tertiary alicyclic amines) is 1. The summed E-state index contributed by atoms with van der Waals surface area (Å²) in [5, 5.41) is 28.0. The number of carbonyl (C=O) groups excluding carboxylic acids is 1. The number of nitro benzene ring substituents is 1. The molecule has 1 aliphatic rings. The van der Waals surface area contributed by atoms with Gasteiger partial charge in [-0.15, -0.1) is 0 Å². The molecule has 4 aromatic rings. The molecule has 0 aliphatic carbocycles. The number of amides is 1. The Labute approximate surface area is 278 Å². The summed E-state index contributed by atoms with van der Waals surface area (Å²) in [6.07, 6.45) is -4.88. The molecule has 1 aliphatic heterocycles. The molecule has 0 aromatic heterocycles. The Morgan fingerprint density at radius 1 is 1.08 bits per heavy atom. The van der Waals surface area contributed by atoms with Crippen molar-refractivity contribution in [2.45, 2.75) is 36.6 Å². The van der Waals surface area contributed by atoms with E-state index in [1.807, 2.05) is 6.07 Å². The number of nitro groups is 1. The molecule has 4 aromatic carbocycles. The Hall–Kier alpha value is -5.55. The quantitative estimate of drug-likeness (QED) is 0.0911. The second kappa shape index (κ2) is 14.7. The Morgan fingerprint density at radius 2 is 1.76 bits per heavy atom. The van der Waals surface area contributed by atoms with Crippen LogP contribution >= 0.6 is 0 Å². The molecule has 5 rings (SSSR count). The number of amidine groups is 1. The molecule has 17 heteroatoms. The lowest BCUT2D eigenvalue weighted by molar-refractivity contribution is -0.385. The van der Waals surface area contributed by atoms with Gasteiger partial charge in [-0.1, -0.05) is 48.5 Å². The van der Waals surface area contributed by atoms with E-state index in [1.165, 1.54) is 37.4 Å². The Bertz CT molecular complexity index is 2020. The van der Waals surface area contributed by atoms with Crippen molar-refractivity contribution in [2.24, 2.45) is 5.73 Å². The fourth-order valence-electron chi connectivity index (χ4n) is 5.18. The van der Waals surface area contributed by atoms with Gasteiger partial charge in [0.05, 0.1) is 16.9 Å². The van der Waals surface area contributed by atoms with Gasteiger partial charge in [0, 0.05) is 36.8 Å². The number of sulfonamides is 1. The zero-order valence-corrected chi connectivity index (χ0v) is 26.6. The maximum atomic E-state index is 14.2. The predicted molar refractivity (Wildman–Crippen MR) is 171 cm³/mol. The van der Waals surface area contributed by atoms with Gasteiger partial charge in [-0.05, 0) is 53.1 Å². The first-order valence-electron chi connectivity index (χ1n) is 14.4. The number of carboxylic acids is 1. The number of nitrogens with zero attached hydrogens (tertiary/aromatic N) is 3. The van der Waals surface area contributed by atoms with Crippen LogP contribution in [0.2, 0.25) is 0 Å². The number of ether oxygens (including phenoxy) is 1. The molecule has 1 amide bonds. The highest BCUT2D eigenvalue weighted by molar-refractivity contribution is 7.89. The zero-order valence-electron chi connectivity index (χ0n) is 25.8. The molecular formula is C32H30F3N5O8S. The molecular weight excluding hydrogens is 671 g/mol. The third kappa shape index (κ3) is 8.49. The van der Waals surface area contributed by atoms with Crippen LogP contribution in [0.15, 0.2) is 89.8 Å². The standard InChI is InChI=1S/C30H29N5O6S.C2HF3O2/c1-41-25-11-9-21-10-12-26(17-24(21)16-25)42(39,40)34(19-23-6-2-3-8-27(23)35(37)38)28-13-14-33(30(28)36)18-20-5-4-7-22(15-20)29(31)32;3-2(4,5)1(6)7/h2-12,15-17,28H,13-14,18-19H2,1H3,(H3,31,32);(H,6,7)/t28-;/m0./s1. The van der Waals surface area contributed by atoms with Crippen molar-refractivity contribution in [1.29, 1.82) is 5.41 Å². The summed E-state index contributed by atoms with van der Waals surface area (Å²) in [7, 11) is -2.79. The van der Waals surface area contributed by atoms with E-state index in [4.69, 9.17) is 25.8 Å². The zero-order chi connectivity index (χ0) is 36.1. The van der Waals surface area contributed by atoms with Gasteiger partial charge in [0.2, 0.25) is 15.9 Å². The fourth-order valence-corrected chi connectivity index (χ4v) is 6.81. The fraction of sp³-hybridized carbons (Fsp3) is 0.219. The molecule has 1 atom stereocenters. The maximum Gasteiger partial charge on any atom is 0.490 e.